The molecule has 1 aromatic rings. The molecular formula is C18H30N4O. The fourth-order valence-electron chi connectivity index (χ4n) is 3.18. The van der Waals surface area contributed by atoms with Crippen molar-refractivity contribution in [2.45, 2.75) is 59.4 Å². The van der Waals surface area contributed by atoms with Crippen molar-refractivity contribution < 1.29 is 4.79 Å². The van der Waals surface area contributed by atoms with Crippen LogP contribution in [0.3, 0.4) is 0 Å². The van der Waals surface area contributed by atoms with Crippen LogP contribution in [-0.4, -0.2) is 46.5 Å². The Kier molecular flexibility index (Phi) is 5.27. The quantitative estimate of drug-likeness (QED) is 0.837. The lowest BCUT2D eigenvalue weighted by molar-refractivity contribution is -0.131. The molecule has 0 radical (unpaired) electrons. The van der Waals surface area contributed by atoms with E-state index in [1.807, 2.05) is 17.9 Å². The van der Waals surface area contributed by atoms with Crippen molar-refractivity contribution in [1.29, 1.82) is 0 Å². The fourth-order valence-corrected chi connectivity index (χ4v) is 3.18. The second-order valence-electron chi connectivity index (χ2n) is 7.66. The van der Waals surface area contributed by atoms with Crippen molar-refractivity contribution in [2.75, 3.05) is 25.0 Å². The van der Waals surface area contributed by atoms with Crippen LogP contribution in [-0.2, 0) is 11.2 Å². The molecule has 1 saturated heterocycles. The van der Waals surface area contributed by atoms with Gasteiger partial charge >= 0.3 is 0 Å². The molecule has 1 aromatic heterocycles. The van der Waals surface area contributed by atoms with Crippen molar-refractivity contribution >= 4 is 11.7 Å². The third-order valence-corrected chi connectivity index (χ3v) is 4.30. The maximum Gasteiger partial charge on any atom is 0.223 e. The van der Waals surface area contributed by atoms with Gasteiger partial charge in [-0.1, -0.05) is 6.92 Å². The number of carbonyl (C=O) groups excluding carboxylic acids is 1. The normalized spacial score (nSPS) is 18.6. The molecule has 1 aliphatic heterocycles. The Labute approximate surface area is 140 Å². The molecular weight excluding hydrogens is 288 g/mol. The van der Waals surface area contributed by atoms with E-state index < -0.39 is 0 Å². The minimum Gasteiger partial charge on any atom is -0.359 e. The highest BCUT2D eigenvalue weighted by atomic mass is 16.2. The van der Waals surface area contributed by atoms with E-state index >= 15 is 0 Å². The molecule has 1 atom stereocenters. The van der Waals surface area contributed by atoms with Crippen LogP contribution in [0.15, 0.2) is 6.07 Å². The molecule has 128 valence electrons. The molecule has 5 nitrogen and oxygen atoms in total. The lowest BCUT2D eigenvalue weighted by atomic mass is 10.1. The minimum absolute atomic E-state index is 0.0931. The molecule has 1 fully saturated rings. The molecule has 0 aliphatic carbocycles. The first-order valence-corrected chi connectivity index (χ1v) is 8.57. The van der Waals surface area contributed by atoms with Crippen molar-refractivity contribution in [3.05, 3.63) is 17.6 Å². The topological polar surface area (TPSA) is 49.3 Å². The number of amides is 1. The molecule has 1 aliphatic rings. The number of hydrogen-bond acceptors (Lipinski definition) is 4. The van der Waals surface area contributed by atoms with Gasteiger partial charge in [0.25, 0.3) is 0 Å². The molecule has 2 rings (SSSR count). The van der Waals surface area contributed by atoms with Gasteiger partial charge in [-0.05, 0) is 34.1 Å². The van der Waals surface area contributed by atoms with Crippen LogP contribution in [0.4, 0.5) is 5.82 Å². The number of anilines is 1. The summed E-state index contributed by atoms with van der Waals surface area (Å²) in [4.78, 5) is 25.6. The summed E-state index contributed by atoms with van der Waals surface area (Å²) in [5.74, 6) is 2.49. The maximum atomic E-state index is 12.2. The van der Waals surface area contributed by atoms with Gasteiger partial charge in [0, 0.05) is 56.2 Å². The van der Waals surface area contributed by atoms with Gasteiger partial charge in [0.05, 0.1) is 0 Å². The Morgan fingerprint density at radius 2 is 2.04 bits per heavy atom. The Balaban J connectivity index is 2.05. The molecule has 1 unspecified atom stereocenters. The molecule has 5 heteroatoms. The molecule has 2 heterocycles. The number of likely N-dealkylation sites (tertiary alicyclic amines) is 1. The molecule has 0 N–H and O–H groups in total. The molecule has 0 aromatic carbocycles. The van der Waals surface area contributed by atoms with Crippen LogP contribution in [0, 0.1) is 12.8 Å². The highest BCUT2D eigenvalue weighted by Gasteiger charge is 2.36. The average molecular weight is 318 g/mol. The number of hydrogen-bond donors (Lipinski definition) is 0. The zero-order chi connectivity index (χ0) is 17.2. The van der Waals surface area contributed by atoms with E-state index in [-0.39, 0.29) is 11.4 Å². The first kappa shape index (κ1) is 17.7. The van der Waals surface area contributed by atoms with Gasteiger partial charge in [0.1, 0.15) is 11.6 Å². The van der Waals surface area contributed by atoms with Crippen molar-refractivity contribution in [3.8, 4) is 0 Å². The molecule has 0 bridgehead atoms. The van der Waals surface area contributed by atoms with E-state index in [9.17, 15) is 4.79 Å². The first-order valence-electron chi connectivity index (χ1n) is 8.57. The van der Waals surface area contributed by atoms with Gasteiger partial charge in [-0.15, -0.1) is 0 Å². The van der Waals surface area contributed by atoms with Crippen LogP contribution >= 0.6 is 0 Å². The second-order valence-corrected chi connectivity index (χ2v) is 7.66. The Morgan fingerprint density at radius 1 is 1.35 bits per heavy atom. The minimum atomic E-state index is -0.0931. The zero-order valence-corrected chi connectivity index (χ0v) is 15.4. The maximum absolute atomic E-state index is 12.2. The van der Waals surface area contributed by atoms with Gasteiger partial charge in [0.15, 0.2) is 0 Å². The largest absolute Gasteiger partial charge is 0.359 e. The summed E-state index contributed by atoms with van der Waals surface area (Å²) in [7, 11) is 2.06. The van der Waals surface area contributed by atoms with Crippen molar-refractivity contribution in [1.82, 2.24) is 14.9 Å². The van der Waals surface area contributed by atoms with Gasteiger partial charge in [-0.25, -0.2) is 9.97 Å². The van der Waals surface area contributed by atoms with Crippen molar-refractivity contribution in [2.24, 2.45) is 5.92 Å². The molecule has 1 amide bonds. The van der Waals surface area contributed by atoms with Gasteiger partial charge in [0.2, 0.25) is 5.91 Å². The van der Waals surface area contributed by atoms with Gasteiger partial charge in [-0.3, -0.25) is 4.79 Å². The van der Waals surface area contributed by atoms with Crippen LogP contribution in [0.5, 0.6) is 0 Å². The number of aryl methyl sites for hydroxylation is 2. The lowest BCUT2D eigenvalue weighted by Gasteiger charge is -2.32. The highest BCUT2D eigenvalue weighted by Crippen LogP contribution is 2.27. The third kappa shape index (κ3) is 4.43. The van der Waals surface area contributed by atoms with Crippen LogP contribution in [0.25, 0.3) is 0 Å². The average Bonchev–Trinajstić information content (AvgIpc) is 2.79. The van der Waals surface area contributed by atoms with E-state index in [2.05, 4.69) is 49.6 Å². The molecule has 23 heavy (non-hydrogen) atoms. The van der Waals surface area contributed by atoms with Gasteiger partial charge < -0.3 is 9.80 Å². The fraction of sp³-hybridized carbons (Fsp3) is 0.722. The first-order chi connectivity index (χ1) is 10.7. The summed E-state index contributed by atoms with van der Waals surface area (Å²) in [6.45, 7) is 12.1. The summed E-state index contributed by atoms with van der Waals surface area (Å²) in [6.07, 6.45) is 2.58. The number of rotatable bonds is 5. The van der Waals surface area contributed by atoms with Crippen molar-refractivity contribution in [3.63, 3.8) is 0 Å². The number of nitrogens with zero attached hydrogens (tertiary/aromatic N) is 4. The predicted molar refractivity (Wildman–Crippen MR) is 93.6 cm³/mol. The van der Waals surface area contributed by atoms with E-state index in [4.69, 9.17) is 0 Å². The smallest absolute Gasteiger partial charge is 0.223 e. The lowest BCUT2D eigenvalue weighted by Crippen LogP contribution is -2.42. The monoisotopic (exact) mass is 318 g/mol. The Bertz CT molecular complexity index is 565. The summed E-state index contributed by atoms with van der Waals surface area (Å²) in [6, 6.07) is 2.03. The zero-order valence-electron chi connectivity index (χ0n) is 15.4. The van der Waals surface area contributed by atoms with Gasteiger partial charge in [-0.2, -0.15) is 0 Å². The van der Waals surface area contributed by atoms with E-state index in [0.717, 1.165) is 43.3 Å². The summed E-state index contributed by atoms with van der Waals surface area (Å²) in [5.41, 5.74) is 0.911. The summed E-state index contributed by atoms with van der Waals surface area (Å²) in [5, 5.41) is 0. The van der Waals surface area contributed by atoms with E-state index in [1.165, 1.54) is 0 Å². The predicted octanol–water partition coefficient (Wildman–Crippen LogP) is 2.82. The standard InChI is InChI=1S/C18H30N4O/c1-7-8-15-19-13(2)9-16(20-15)21(6)11-14-10-17(23)22(12-14)18(3,4)5/h9,14H,7-8,10-12H2,1-6H3. The second kappa shape index (κ2) is 6.85. The SMILES string of the molecule is CCCc1nc(C)cc(N(C)CC2CC(=O)N(C(C)(C)C)C2)n1. The Morgan fingerprint density at radius 3 is 2.61 bits per heavy atom. The van der Waals surface area contributed by atoms with E-state index in [0.29, 0.717) is 12.3 Å². The molecule has 0 saturated carbocycles. The number of carbonyl (C=O) groups is 1. The van der Waals surface area contributed by atoms with Crippen LogP contribution in [0.1, 0.15) is 52.1 Å². The molecule has 0 spiro atoms. The highest BCUT2D eigenvalue weighted by molar-refractivity contribution is 5.79. The van der Waals surface area contributed by atoms with E-state index in [1.54, 1.807) is 0 Å². The third-order valence-electron chi connectivity index (χ3n) is 4.30. The number of aromatic nitrogens is 2. The summed E-state index contributed by atoms with van der Waals surface area (Å²) >= 11 is 0. The summed E-state index contributed by atoms with van der Waals surface area (Å²) < 4.78 is 0. The van der Waals surface area contributed by atoms with Crippen LogP contribution in [0.2, 0.25) is 0 Å². The Hall–Kier alpha value is -1.65. The van der Waals surface area contributed by atoms with Crippen LogP contribution < -0.4 is 4.90 Å².